The fourth-order valence-electron chi connectivity index (χ4n) is 8.96. The van der Waals surface area contributed by atoms with Crippen molar-refractivity contribution in [2.75, 3.05) is 44.2 Å². The number of aliphatic hydroxyl groups is 1. The van der Waals surface area contributed by atoms with Crippen molar-refractivity contribution >= 4 is 28.4 Å². The van der Waals surface area contributed by atoms with Crippen LogP contribution in [0, 0.1) is 34.8 Å². The van der Waals surface area contributed by atoms with E-state index in [1.54, 1.807) is 24.3 Å². The van der Waals surface area contributed by atoms with E-state index in [-0.39, 0.29) is 52.8 Å². The summed E-state index contributed by atoms with van der Waals surface area (Å²) in [6.07, 6.45) is 11.5. The largest absolute Gasteiger partial charge is 0.463 e. The van der Waals surface area contributed by atoms with Gasteiger partial charge in [0.25, 0.3) is 5.92 Å². The number of piperidine rings is 1. The van der Waals surface area contributed by atoms with Gasteiger partial charge in [0.05, 0.1) is 18.3 Å². The summed E-state index contributed by atoms with van der Waals surface area (Å²) in [4.78, 5) is 13.7. The number of benzene rings is 2. The van der Waals surface area contributed by atoms with Crippen molar-refractivity contribution in [1.29, 1.82) is 0 Å². The first kappa shape index (κ1) is 31.3. The molecular weight excluding hydrogens is 634 g/mol. The molecule has 0 radical (unpaired) electrons. The number of hydrogen-bond donors (Lipinski definition) is 2. The number of halogens is 4. The van der Waals surface area contributed by atoms with Crippen molar-refractivity contribution in [2.24, 2.45) is 10.8 Å². The zero-order chi connectivity index (χ0) is 33.7. The van der Waals surface area contributed by atoms with Crippen molar-refractivity contribution in [1.82, 2.24) is 20.2 Å². The van der Waals surface area contributed by atoms with Gasteiger partial charge in [-0.05, 0) is 80.6 Å². The van der Waals surface area contributed by atoms with Crippen LogP contribution in [0.15, 0.2) is 24.3 Å². The van der Waals surface area contributed by atoms with Gasteiger partial charge in [0.1, 0.15) is 17.2 Å². The second-order valence-corrected chi connectivity index (χ2v) is 15.4. The summed E-state index contributed by atoms with van der Waals surface area (Å²) in [7, 11) is 0. The minimum absolute atomic E-state index is 0.00866. The van der Waals surface area contributed by atoms with Crippen molar-refractivity contribution in [3.8, 4) is 18.4 Å². The predicted octanol–water partition coefficient (Wildman–Crippen LogP) is 3.85. The Hall–Kier alpha value is -3.72. The highest BCUT2D eigenvalue weighted by atomic mass is 19.3. The molecule has 3 atom stereocenters. The van der Waals surface area contributed by atoms with Crippen LogP contribution in [0.3, 0.4) is 0 Å². The summed E-state index contributed by atoms with van der Waals surface area (Å²) < 4.78 is 67.4. The van der Waals surface area contributed by atoms with E-state index < -0.39 is 29.1 Å². The quantitative estimate of drug-likeness (QED) is 0.292. The van der Waals surface area contributed by atoms with Crippen LogP contribution in [0.1, 0.15) is 62.5 Å². The Kier molecular flexibility index (Phi) is 7.11. The molecular formula is C38H39F4N5O2. The maximum atomic E-state index is 16.9. The highest BCUT2D eigenvalue weighted by Crippen LogP contribution is 2.66. The zero-order valence-electron chi connectivity index (χ0n) is 27.3. The van der Waals surface area contributed by atoms with E-state index >= 15 is 8.78 Å². The standard InChI is InChI=1S/C38H39F4N5O2/c1-2-22-4-3-5-23-14-26(48)15-27(30(22)23)31-29(39)16-28-33(32(31)40)44-35(45-34(28)47-17-24-6-7-25(18-47)43-24)49-21-36(8-9-36)20-46-12-10-37(11-13-46)19-38(37,41)42/h1,3-5,14,16,24-26,43,48H,6-13,15,17-21H2/t24?,25?,26-/m0/s1. The molecule has 49 heavy (non-hydrogen) atoms. The van der Waals surface area contributed by atoms with Crippen molar-refractivity contribution in [2.45, 2.75) is 75.5 Å². The number of fused-ring (bicyclic) bond motifs is 4. The van der Waals surface area contributed by atoms with Crippen LogP contribution in [0.2, 0.25) is 0 Å². The molecule has 11 heteroatoms. The van der Waals surface area contributed by atoms with Gasteiger partial charge in [-0.3, -0.25) is 0 Å². The molecule has 2 saturated carbocycles. The number of rotatable bonds is 7. The average Bonchev–Trinajstić information content (AvgIpc) is 3.92. The number of likely N-dealkylation sites (tertiary alicyclic amines) is 1. The molecule has 3 aliphatic heterocycles. The summed E-state index contributed by atoms with van der Waals surface area (Å²) in [5.74, 6) is -1.06. The molecule has 2 unspecified atom stereocenters. The number of ether oxygens (including phenoxy) is 1. The lowest BCUT2D eigenvalue weighted by molar-refractivity contribution is 0.0252. The third-order valence-corrected chi connectivity index (χ3v) is 12.0. The lowest BCUT2D eigenvalue weighted by Gasteiger charge is -2.35. The average molecular weight is 674 g/mol. The van der Waals surface area contributed by atoms with Gasteiger partial charge in [0.15, 0.2) is 5.82 Å². The van der Waals surface area contributed by atoms with Crippen LogP contribution in [-0.2, 0) is 0 Å². The van der Waals surface area contributed by atoms with Crippen LogP contribution >= 0.6 is 0 Å². The minimum atomic E-state index is -2.52. The highest BCUT2D eigenvalue weighted by molar-refractivity contribution is 5.93. The van der Waals surface area contributed by atoms with Crippen molar-refractivity contribution < 1.29 is 27.4 Å². The highest BCUT2D eigenvalue weighted by Gasteiger charge is 2.70. The van der Waals surface area contributed by atoms with E-state index in [1.165, 1.54) is 6.07 Å². The van der Waals surface area contributed by atoms with Crippen LogP contribution in [-0.4, -0.2) is 83.4 Å². The third-order valence-electron chi connectivity index (χ3n) is 12.0. The van der Waals surface area contributed by atoms with Gasteiger partial charge >= 0.3 is 6.01 Å². The fourth-order valence-corrected chi connectivity index (χ4v) is 8.96. The van der Waals surface area contributed by atoms with Crippen molar-refractivity contribution in [3.63, 3.8) is 0 Å². The van der Waals surface area contributed by atoms with Crippen LogP contribution in [0.4, 0.5) is 23.4 Å². The smallest absolute Gasteiger partial charge is 0.319 e. The second-order valence-electron chi connectivity index (χ2n) is 15.4. The van der Waals surface area contributed by atoms with Crippen molar-refractivity contribution in [3.05, 3.63) is 57.5 Å². The molecule has 9 rings (SSSR count). The molecule has 256 valence electrons. The molecule has 7 nitrogen and oxygen atoms in total. The number of aliphatic hydroxyl groups excluding tert-OH is 1. The Morgan fingerprint density at radius 1 is 1.06 bits per heavy atom. The lowest BCUT2D eigenvalue weighted by atomic mass is 9.89. The third kappa shape index (κ3) is 5.29. The van der Waals surface area contributed by atoms with Gasteiger partial charge in [-0.15, -0.1) is 6.42 Å². The Balaban J connectivity index is 1.08. The van der Waals surface area contributed by atoms with Gasteiger partial charge in [0, 0.05) is 71.6 Å². The summed E-state index contributed by atoms with van der Waals surface area (Å²) in [6.45, 7) is 3.64. The van der Waals surface area contributed by atoms with Gasteiger partial charge in [0.2, 0.25) is 0 Å². The molecule has 1 aromatic heterocycles. The lowest BCUT2D eigenvalue weighted by Crippen LogP contribution is -2.51. The molecule has 3 aliphatic carbocycles. The van der Waals surface area contributed by atoms with Gasteiger partial charge in [-0.25, -0.2) is 17.6 Å². The Morgan fingerprint density at radius 2 is 1.80 bits per heavy atom. The predicted molar refractivity (Wildman–Crippen MR) is 178 cm³/mol. The molecule has 4 heterocycles. The fraction of sp³-hybridized carbons (Fsp3) is 0.526. The second kappa shape index (κ2) is 11.1. The first-order valence-corrected chi connectivity index (χ1v) is 17.5. The number of nitrogens with zero attached hydrogens (tertiary/aromatic N) is 4. The van der Waals surface area contributed by atoms with E-state index in [9.17, 15) is 13.9 Å². The maximum Gasteiger partial charge on any atom is 0.319 e. The Labute approximate surface area is 282 Å². The van der Waals surface area contributed by atoms with E-state index in [0.29, 0.717) is 73.0 Å². The topological polar surface area (TPSA) is 73.8 Å². The minimum Gasteiger partial charge on any atom is -0.463 e. The Bertz CT molecular complexity index is 2020. The summed E-state index contributed by atoms with van der Waals surface area (Å²) in [5, 5.41) is 15.7. The Morgan fingerprint density at radius 3 is 2.47 bits per heavy atom. The molecule has 2 aromatic carbocycles. The molecule has 3 saturated heterocycles. The molecule has 0 amide bonds. The molecule has 6 aliphatic rings. The molecule has 5 fully saturated rings. The number of terminal acetylenes is 1. The number of piperazine rings is 1. The SMILES string of the molecule is C#Cc1cccc2c1=C(c1c(F)cc3c(N4CC5CCC(C4)N5)nc(OCC4(CN5CCC6(CC5)CC6(F)F)CC4)nc3c1F)C[C@@H](O)C=2. The molecule has 2 N–H and O–H groups in total. The molecule has 3 aromatic rings. The number of aromatic nitrogens is 2. The molecule has 2 bridgehead atoms. The molecule has 1 spiro atoms. The number of alkyl halides is 2. The summed E-state index contributed by atoms with van der Waals surface area (Å²) in [6, 6.07) is 7.10. The maximum absolute atomic E-state index is 16.9. The van der Waals surface area contributed by atoms with E-state index in [4.69, 9.17) is 16.1 Å². The number of hydrogen-bond acceptors (Lipinski definition) is 7. The van der Waals surface area contributed by atoms with Crippen LogP contribution in [0.25, 0.3) is 22.6 Å². The summed E-state index contributed by atoms with van der Waals surface area (Å²) in [5.41, 5.74) is -0.466. The van der Waals surface area contributed by atoms with Crippen LogP contribution < -0.4 is 25.4 Å². The first-order chi connectivity index (χ1) is 23.6. The van der Waals surface area contributed by atoms with Gasteiger partial charge in [-0.2, -0.15) is 9.97 Å². The first-order valence-electron chi connectivity index (χ1n) is 17.5. The van der Waals surface area contributed by atoms with Gasteiger partial charge < -0.3 is 25.0 Å². The van der Waals surface area contributed by atoms with Crippen LogP contribution in [0.5, 0.6) is 6.01 Å². The van der Waals surface area contributed by atoms with E-state index in [0.717, 1.165) is 32.2 Å². The van der Waals surface area contributed by atoms with E-state index in [1.807, 2.05) is 0 Å². The zero-order valence-corrected chi connectivity index (χ0v) is 27.3. The van der Waals surface area contributed by atoms with Gasteiger partial charge in [-0.1, -0.05) is 18.1 Å². The van der Waals surface area contributed by atoms with E-state index in [2.05, 4.69) is 26.0 Å². The monoisotopic (exact) mass is 673 g/mol. The normalized spacial score (nSPS) is 27.5. The number of anilines is 1. The number of nitrogens with one attached hydrogen (secondary N) is 1. The summed E-state index contributed by atoms with van der Waals surface area (Å²) >= 11 is 0.